The van der Waals surface area contributed by atoms with Crippen molar-refractivity contribution >= 4 is 23.2 Å². The van der Waals surface area contributed by atoms with Crippen molar-refractivity contribution in [2.45, 2.75) is 32.7 Å². The standard InChI is InChI=1S/C14H17ClN2O3/c1-2-3-10-6-14(18)16(8-10)9-11-7-12(17(19)20)4-5-13(11)15/h4-5,7,10H,2-3,6,8-9H2,1H3. The fourth-order valence-corrected chi connectivity index (χ4v) is 2.79. The molecule has 0 spiro atoms. The topological polar surface area (TPSA) is 63.5 Å². The predicted molar refractivity (Wildman–Crippen MR) is 76.5 cm³/mol. The molecule has 108 valence electrons. The van der Waals surface area contributed by atoms with E-state index in [9.17, 15) is 14.9 Å². The molecule has 1 atom stereocenters. The van der Waals surface area contributed by atoms with Crippen molar-refractivity contribution in [3.63, 3.8) is 0 Å². The van der Waals surface area contributed by atoms with E-state index in [4.69, 9.17) is 11.6 Å². The Morgan fingerprint density at radius 3 is 2.90 bits per heavy atom. The summed E-state index contributed by atoms with van der Waals surface area (Å²) >= 11 is 6.06. The van der Waals surface area contributed by atoms with Gasteiger partial charge in [-0.3, -0.25) is 14.9 Å². The molecule has 1 aliphatic heterocycles. The molecule has 0 aliphatic carbocycles. The van der Waals surface area contributed by atoms with E-state index in [1.165, 1.54) is 18.2 Å². The third-order valence-electron chi connectivity index (χ3n) is 3.59. The smallest absolute Gasteiger partial charge is 0.269 e. The second kappa shape index (κ2) is 6.22. The molecule has 1 aliphatic rings. The number of non-ortho nitro benzene ring substituents is 1. The number of carbonyl (C=O) groups excluding carboxylic acids is 1. The van der Waals surface area contributed by atoms with Gasteiger partial charge in [0, 0.05) is 36.7 Å². The van der Waals surface area contributed by atoms with Crippen LogP contribution in [0, 0.1) is 16.0 Å². The Balaban J connectivity index is 2.12. The Morgan fingerprint density at radius 1 is 1.50 bits per heavy atom. The maximum atomic E-state index is 11.9. The minimum absolute atomic E-state index is 0.00107. The Hall–Kier alpha value is -1.62. The van der Waals surface area contributed by atoms with Crippen molar-refractivity contribution in [1.29, 1.82) is 0 Å². The van der Waals surface area contributed by atoms with Gasteiger partial charge in [-0.2, -0.15) is 0 Å². The summed E-state index contributed by atoms with van der Waals surface area (Å²) in [5.41, 5.74) is 0.632. The highest BCUT2D eigenvalue weighted by Gasteiger charge is 2.29. The summed E-state index contributed by atoms with van der Waals surface area (Å²) in [6.45, 7) is 3.16. The monoisotopic (exact) mass is 296 g/mol. The normalized spacial score (nSPS) is 18.6. The molecule has 0 bridgehead atoms. The van der Waals surface area contributed by atoms with Crippen LogP contribution in [0.25, 0.3) is 0 Å². The number of benzene rings is 1. The molecule has 5 nitrogen and oxygen atoms in total. The molecule has 0 saturated carbocycles. The quantitative estimate of drug-likeness (QED) is 0.618. The zero-order valence-electron chi connectivity index (χ0n) is 11.3. The molecule has 1 saturated heterocycles. The Morgan fingerprint density at radius 2 is 2.25 bits per heavy atom. The molecule has 1 heterocycles. The second-order valence-corrected chi connectivity index (χ2v) is 5.57. The lowest BCUT2D eigenvalue weighted by Crippen LogP contribution is -2.24. The van der Waals surface area contributed by atoms with Crippen molar-refractivity contribution in [3.05, 3.63) is 38.9 Å². The first-order valence-electron chi connectivity index (χ1n) is 6.71. The minimum Gasteiger partial charge on any atom is -0.338 e. The largest absolute Gasteiger partial charge is 0.338 e. The van der Waals surface area contributed by atoms with Gasteiger partial charge in [-0.15, -0.1) is 0 Å². The summed E-state index contributed by atoms with van der Waals surface area (Å²) < 4.78 is 0. The van der Waals surface area contributed by atoms with Gasteiger partial charge in [-0.05, 0) is 24.0 Å². The van der Waals surface area contributed by atoms with Crippen LogP contribution in [0.1, 0.15) is 31.7 Å². The summed E-state index contributed by atoms with van der Waals surface area (Å²) in [5, 5.41) is 11.2. The number of carbonyl (C=O) groups is 1. The highest BCUT2D eigenvalue weighted by molar-refractivity contribution is 6.31. The maximum absolute atomic E-state index is 11.9. The molecule has 1 aromatic carbocycles. The van der Waals surface area contributed by atoms with Crippen molar-refractivity contribution < 1.29 is 9.72 Å². The van der Waals surface area contributed by atoms with E-state index in [2.05, 4.69) is 6.92 Å². The molecular weight excluding hydrogens is 280 g/mol. The number of nitro groups is 1. The average molecular weight is 297 g/mol. The second-order valence-electron chi connectivity index (χ2n) is 5.17. The number of likely N-dealkylation sites (tertiary alicyclic amines) is 1. The Bertz CT molecular complexity index is 533. The summed E-state index contributed by atoms with van der Waals surface area (Å²) in [5.74, 6) is 0.496. The predicted octanol–water partition coefficient (Wildman–Crippen LogP) is 3.40. The van der Waals surface area contributed by atoms with E-state index in [1.54, 1.807) is 4.90 Å². The third kappa shape index (κ3) is 3.28. The van der Waals surface area contributed by atoms with E-state index in [1.807, 2.05) is 0 Å². The first kappa shape index (κ1) is 14.8. The zero-order valence-corrected chi connectivity index (χ0v) is 12.1. The van der Waals surface area contributed by atoms with Crippen LogP contribution in [0.2, 0.25) is 5.02 Å². The van der Waals surface area contributed by atoms with Gasteiger partial charge in [0.25, 0.3) is 5.69 Å². The highest BCUT2D eigenvalue weighted by Crippen LogP contribution is 2.28. The lowest BCUT2D eigenvalue weighted by Gasteiger charge is -2.17. The molecular formula is C14H17ClN2O3. The number of amides is 1. The lowest BCUT2D eigenvalue weighted by atomic mass is 10.0. The summed E-state index contributed by atoms with van der Waals surface area (Å²) in [7, 11) is 0. The molecule has 20 heavy (non-hydrogen) atoms. The van der Waals surface area contributed by atoms with Crippen LogP contribution in [0.15, 0.2) is 18.2 Å². The molecule has 0 N–H and O–H groups in total. The first-order chi connectivity index (χ1) is 9.51. The van der Waals surface area contributed by atoms with Crippen molar-refractivity contribution in [3.8, 4) is 0 Å². The SMILES string of the molecule is CCCC1CC(=O)N(Cc2cc([N+](=O)[O-])ccc2Cl)C1. The highest BCUT2D eigenvalue weighted by atomic mass is 35.5. The van der Waals surface area contributed by atoms with Crippen molar-refractivity contribution in [1.82, 2.24) is 4.90 Å². The number of hydrogen-bond donors (Lipinski definition) is 0. The molecule has 1 unspecified atom stereocenters. The van der Waals surface area contributed by atoms with E-state index in [0.29, 0.717) is 36.0 Å². The van der Waals surface area contributed by atoms with Crippen LogP contribution in [0.4, 0.5) is 5.69 Å². The summed E-state index contributed by atoms with van der Waals surface area (Å²) in [6.07, 6.45) is 2.66. The molecule has 0 radical (unpaired) electrons. The van der Waals surface area contributed by atoms with Gasteiger partial charge >= 0.3 is 0 Å². The zero-order chi connectivity index (χ0) is 14.7. The van der Waals surface area contributed by atoms with Crippen LogP contribution in [-0.2, 0) is 11.3 Å². The Kier molecular flexibility index (Phi) is 4.60. The molecule has 0 aromatic heterocycles. The van der Waals surface area contributed by atoms with Gasteiger partial charge in [-0.25, -0.2) is 0 Å². The van der Waals surface area contributed by atoms with Gasteiger partial charge in [-0.1, -0.05) is 24.9 Å². The van der Waals surface area contributed by atoms with E-state index in [-0.39, 0.29) is 11.6 Å². The average Bonchev–Trinajstić information content (AvgIpc) is 2.72. The lowest BCUT2D eigenvalue weighted by molar-refractivity contribution is -0.384. The number of nitrogens with zero attached hydrogens (tertiary/aromatic N) is 2. The fourth-order valence-electron chi connectivity index (χ4n) is 2.61. The van der Waals surface area contributed by atoms with Crippen LogP contribution < -0.4 is 0 Å². The van der Waals surface area contributed by atoms with Crippen LogP contribution in [0.3, 0.4) is 0 Å². The fraction of sp³-hybridized carbons (Fsp3) is 0.500. The summed E-state index contributed by atoms with van der Waals surface area (Å²) in [6, 6.07) is 4.33. The molecule has 1 aromatic rings. The van der Waals surface area contributed by atoms with Gasteiger partial charge < -0.3 is 4.90 Å². The van der Waals surface area contributed by atoms with Crippen molar-refractivity contribution in [2.75, 3.05) is 6.54 Å². The number of hydrogen-bond acceptors (Lipinski definition) is 3. The van der Waals surface area contributed by atoms with Crippen LogP contribution >= 0.6 is 11.6 Å². The number of halogens is 1. The van der Waals surface area contributed by atoms with Crippen LogP contribution in [-0.4, -0.2) is 22.3 Å². The van der Waals surface area contributed by atoms with Gasteiger partial charge in [0.1, 0.15) is 0 Å². The molecule has 2 rings (SSSR count). The van der Waals surface area contributed by atoms with Gasteiger partial charge in [0.2, 0.25) is 5.91 Å². The maximum Gasteiger partial charge on any atom is 0.269 e. The molecule has 6 heteroatoms. The molecule has 1 amide bonds. The van der Waals surface area contributed by atoms with Gasteiger partial charge in [0.05, 0.1) is 4.92 Å². The molecule has 1 fully saturated rings. The Labute approximate surface area is 122 Å². The van der Waals surface area contributed by atoms with E-state index < -0.39 is 4.92 Å². The summed E-state index contributed by atoms with van der Waals surface area (Å²) in [4.78, 5) is 24.0. The van der Waals surface area contributed by atoms with E-state index in [0.717, 1.165) is 12.8 Å². The van der Waals surface area contributed by atoms with Crippen molar-refractivity contribution in [2.24, 2.45) is 5.92 Å². The minimum atomic E-state index is -0.453. The van der Waals surface area contributed by atoms with E-state index >= 15 is 0 Å². The number of nitro benzene ring substituents is 1. The first-order valence-corrected chi connectivity index (χ1v) is 7.09. The van der Waals surface area contributed by atoms with Gasteiger partial charge in [0.15, 0.2) is 0 Å². The third-order valence-corrected chi connectivity index (χ3v) is 3.96. The van der Waals surface area contributed by atoms with Crippen LogP contribution in [0.5, 0.6) is 0 Å². The number of rotatable bonds is 5.